The fraction of sp³-hybridized carbons (Fsp3) is 0.167. The maximum absolute atomic E-state index is 11.5. The summed E-state index contributed by atoms with van der Waals surface area (Å²) in [6, 6.07) is 11.2. The van der Waals surface area contributed by atoms with Crippen LogP contribution in [-0.2, 0) is 4.74 Å². The van der Waals surface area contributed by atoms with Crippen molar-refractivity contribution < 1.29 is 9.53 Å². The Bertz CT molecular complexity index is 468. The molecule has 2 N–H and O–H groups in total. The molecule has 5 nitrogen and oxygen atoms in total. The number of aromatic amines is 1. The average Bonchev–Trinajstić information content (AvgIpc) is 2.82. The molecule has 0 aliphatic heterocycles. The molecule has 1 atom stereocenters. The summed E-state index contributed by atoms with van der Waals surface area (Å²) in [4.78, 5) is 11.5. The summed E-state index contributed by atoms with van der Waals surface area (Å²) in [6.45, 7) is 1.82. The van der Waals surface area contributed by atoms with Crippen LogP contribution in [0.5, 0.6) is 0 Å². The Morgan fingerprint density at radius 3 is 2.76 bits per heavy atom. The first-order chi connectivity index (χ1) is 8.25. The number of hydrogen-bond acceptors (Lipinski definition) is 3. The van der Waals surface area contributed by atoms with Crippen molar-refractivity contribution >= 4 is 11.9 Å². The van der Waals surface area contributed by atoms with E-state index >= 15 is 0 Å². The van der Waals surface area contributed by atoms with Gasteiger partial charge in [-0.1, -0.05) is 30.3 Å². The third kappa shape index (κ3) is 3.07. The Hall–Kier alpha value is -2.30. The van der Waals surface area contributed by atoms with E-state index in [0.29, 0.717) is 5.82 Å². The molecule has 0 aliphatic rings. The molecule has 0 saturated heterocycles. The number of H-pyrrole nitrogens is 1. The van der Waals surface area contributed by atoms with E-state index in [1.165, 1.54) is 0 Å². The number of aromatic nitrogens is 2. The number of amides is 1. The average molecular weight is 231 g/mol. The summed E-state index contributed by atoms with van der Waals surface area (Å²) >= 11 is 0. The molecule has 1 heterocycles. The van der Waals surface area contributed by atoms with Crippen LogP contribution in [0.3, 0.4) is 0 Å². The van der Waals surface area contributed by atoms with Crippen LogP contribution in [0.25, 0.3) is 0 Å². The molecule has 88 valence electrons. The van der Waals surface area contributed by atoms with Gasteiger partial charge in [-0.2, -0.15) is 5.10 Å². The normalized spacial score (nSPS) is 11.8. The van der Waals surface area contributed by atoms with Crippen LogP contribution in [0.1, 0.15) is 18.6 Å². The molecule has 2 rings (SSSR count). The Morgan fingerprint density at radius 1 is 1.35 bits per heavy atom. The third-order valence-corrected chi connectivity index (χ3v) is 2.29. The second-order valence-corrected chi connectivity index (χ2v) is 3.55. The predicted molar refractivity (Wildman–Crippen MR) is 63.5 cm³/mol. The predicted octanol–water partition coefficient (Wildman–Crippen LogP) is 2.72. The van der Waals surface area contributed by atoms with Crippen molar-refractivity contribution in [3.05, 3.63) is 48.2 Å². The summed E-state index contributed by atoms with van der Waals surface area (Å²) < 4.78 is 5.21. The van der Waals surface area contributed by atoms with Crippen LogP contribution in [0.4, 0.5) is 10.6 Å². The van der Waals surface area contributed by atoms with Crippen LogP contribution in [0, 0.1) is 0 Å². The van der Waals surface area contributed by atoms with E-state index < -0.39 is 6.09 Å². The Morgan fingerprint density at radius 2 is 2.12 bits per heavy atom. The van der Waals surface area contributed by atoms with Crippen molar-refractivity contribution in [2.24, 2.45) is 0 Å². The minimum atomic E-state index is -0.509. The second kappa shape index (κ2) is 5.16. The van der Waals surface area contributed by atoms with Gasteiger partial charge >= 0.3 is 6.09 Å². The number of anilines is 1. The highest BCUT2D eigenvalue weighted by Crippen LogP contribution is 2.16. The van der Waals surface area contributed by atoms with Crippen molar-refractivity contribution in [3.8, 4) is 0 Å². The van der Waals surface area contributed by atoms with Crippen LogP contribution < -0.4 is 5.32 Å². The van der Waals surface area contributed by atoms with Gasteiger partial charge in [0.15, 0.2) is 0 Å². The molecular weight excluding hydrogens is 218 g/mol. The summed E-state index contributed by atoms with van der Waals surface area (Å²) in [7, 11) is 0. The lowest BCUT2D eigenvalue weighted by Crippen LogP contribution is -2.16. The molecule has 0 saturated carbocycles. The number of nitrogens with one attached hydrogen (secondary N) is 2. The first-order valence-electron chi connectivity index (χ1n) is 5.27. The lowest BCUT2D eigenvalue weighted by atomic mass is 10.1. The van der Waals surface area contributed by atoms with E-state index in [0.717, 1.165) is 5.56 Å². The van der Waals surface area contributed by atoms with Gasteiger partial charge in [-0.05, 0) is 12.5 Å². The number of carbonyl (C=O) groups is 1. The summed E-state index contributed by atoms with van der Waals surface area (Å²) in [6.07, 6.45) is 0.751. The van der Waals surface area contributed by atoms with Crippen LogP contribution >= 0.6 is 0 Å². The van der Waals surface area contributed by atoms with Gasteiger partial charge in [0.05, 0.1) is 6.20 Å². The first kappa shape index (κ1) is 11.2. The zero-order valence-corrected chi connectivity index (χ0v) is 9.38. The fourth-order valence-corrected chi connectivity index (χ4v) is 1.42. The van der Waals surface area contributed by atoms with E-state index in [9.17, 15) is 4.79 Å². The van der Waals surface area contributed by atoms with E-state index in [1.807, 2.05) is 37.3 Å². The molecular formula is C12H13N3O2. The maximum Gasteiger partial charge on any atom is 0.413 e. The molecule has 0 fully saturated rings. The van der Waals surface area contributed by atoms with E-state index in [4.69, 9.17) is 4.74 Å². The standard InChI is InChI=1S/C12H13N3O2/c1-9(10-5-3-2-4-6-10)17-12(16)14-11-7-8-13-15-11/h2-9H,1H3,(H2,13,14,15,16). The first-order valence-corrected chi connectivity index (χ1v) is 5.27. The summed E-state index contributed by atoms with van der Waals surface area (Å²) in [5.41, 5.74) is 0.951. The minimum absolute atomic E-state index is 0.292. The molecule has 1 aromatic carbocycles. The van der Waals surface area contributed by atoms with Gasteiger partial charge < -0.3 is 4.74 Å². The molecule has 5 heteroatoms. The third-order valence-electron chi connectivity index (χ3n) is 2.29. The monoisotopic (exact) mass is 231 g/mol. The number of carbonyl (C=O) groups excluding carboxylic acids is 1. The van der Waals surface area contributed by atoms with E-state index in [1.54, 1.807) is 12.3 Å². The van der Waals surface area contributed by atoms with Crippen molar-refractivity contribution in [1.82, 2.24) is 10.2 Å². The molecule has 0 radical (unpaired) electrons. The topological polar surface area (TPSA) is 67.0 Å². The van der Waals surface area contributed by atoms with Crippen molar-refractivity contribution in [2.45, 2.75) is 13.0 Å². The number of hydrogen-bond donors (Lipinski definition) is 2. The Balaban J connectivity index is 1.91. The molecule has 1 aromatic heterocycles. The Kier molecular flexibility index (Phi) is 3.40. The SMILES string of the molecule is CC(OC(=O)Nc1ccn[nH]1)c1ccccc1. The fourth-order valence-electron chi connectivity index (χ4n) is 1.42. The smallest absolute Gasteiger partial charge is 0.413 e. The van der Waals surface area contributed by atoms with Gasteiger partial charge in [0.1, 0.15) is 11.9 Å². The number of ether oxygens (including phenoxy) is 1. The number of nitrogens with zero attached hydrogens (tertiary/aromatic N) is 1. The highest BCUT2D eigenvalue weighted by Gasteiger charge is 2.11. The van der Waals surface area contributed by atoms with Crippen molar-refractivity contribution in [3.63, 3.8) is 0 Å². The van der Waals surface area contributed by atoms with Gasteiger partial charge in [0, 0.05) is 6.07 Å². The van der Waals surface area contributed by atoms with Gasteiger partial charge in [0.25, 0.3) is 0 Å². The maximum atomic E-state index is 11.5. The molecule has 2 aromatic rings. The lowest BCUT2D eigenvalue weighted by Gasteiger charge is -2.13. The van der Waals surface area contributed by atoms with Gasteiger partial charge in [-0.15, -0.1) is 0 Å². The van der Waals surface area contributed by atoms with Gasteiger partial charge in [-0.3, -0.25) is 10.4 Å². The van der Waals surface area contributed by atoms with Gasteiger partial charge in [0.2, 0.25) is 0 Å². The van der Waals surface area contributed by atoms with Gasteiger partial charge in [-0.25, -0.2) is 4.79 Å². The Labute approximate surface area is 98.8 Å². The quantitative estimate of drug-likeness (QED) is 0.853. The van der Waals surface area contributed by atoms with E-state index in [2.05, 4.69) is 15.5 Å². The number of rotatable bonds is 3. The molecule has 0 bridgehead atoms. The lowest BCUT2D eigenvalue weighted by molar-refractivity contribution is 0.121. The van der Waals surface area contributed by atoms with Crippen LogP contribution in [0.15, 0.2) is 42.6 Å². The second-order valence-electron chi connectivity index (χ2n) is 3.55. The summed E-state index contributed by atoms with van der Waals surface area (Å²) in [5.74, 6) is 0.510. The summed E-state index contributed by atoms with van der Waals surface area (Å²) in [5, 5.41) is 8.88. The molecule has 1 unspecified atom stereocenters. The highest BCUT2D eigenvalue weighted by molar-refractivity contribution is 5.83. The van der Waals surface area contributed by atoms with E-state index in [-0.39, 0.29) is 6.10 Å². The number of benzene rings is 1. The zero-order chi connectivity index (χ0) is 12.1. The highest BCUT2D eigenvalue weighted by atomic mass is 16.6. The minimum Gasteiger partial charge on any atom is -0.441 e. The van der Waals surface area contributed by atoms with Crippen molar-refractivity contribution in [1.29, 1.82) is 0 Å². The van der Waals surface area contributed by atoms with Crippen LogP contribution in [0.2, 0.25) is 0 Å². The molecule has 1 amide bonds. The molecule has 0 spiro atoms. The molecule has 17 heavy (non-hydrogen) atoms. The van der Waals surface area contributed by atoms with Crippen LogP contribution in [-0.4, -0.2) is 16.3 Å². The largest absolute Gasteiger partial charge is 0.441 e. The van der Waals surface area contributed by atoms with Crippen molar-refractivity contribution in [2.75, 3.05) is 5.32 Å². The molecule has 0 aliphatic carbocycles. The zero-order valence-electron chi connectivity index (χ0n) is 9.38.